The molecule has 0 fully saturated rings. The lowest BCUT2D eigenvalue weighted by Gasteiger charge is -2.27. The maximum Gasteiger partial charge on any atom is 0.244 e. The Balaban J connectivity index is 3.39. The summed E-state index contributed by atoms with van der Waals surface area (Å²) in [7, 11) is -7.87. The molecule has 0 amide bonds. The Hall–Kier alpha value is -1.03. The summed E-state index contributed by atoms with van der Waals surface area (Å²) in [5.41, 5.74) is 4.59. The Kier molecular flexibility index (Phi) is 5.14. The Morgan fingerprint density at radius 1 is 1.29 bits per heavy atom. The van der Waals surface area contributed by atoms with Gasteiger partial charge in [-0.15, -0.1) is 0 Å². The normalized spacial score (nSPS) is 15.7. The molecular formula is C12H19FN2O4S2. The number of hydrogen-bond donors (Lipinski definition) is 2. The summed E-state index contributed by atoms with van der Waals surface area (Å²) in [6.07, 6.45) is 1.32. The van der Waals surface area contributed by atoms with Crippen LogP contribution in [0.5, 0.6) is 0 Å². The molecule has 6 nitrogen and oxygen atoms in total. The number of halogens is 1. The molecule has 1 aromatic carbocycles. The molecule has 9 heteroatoms. The molecule has 0 spiro atoms. The summed E-state index contributed by atoms with van der Waals surface area (Å²) in [6.45, 7) is 3.34. The maximum absolute atomic E-state index is 13.8. The van der Waals surface area contributed by atoms with E-state index < -0.39 is 36.1 Å². The lowest BCUT2D eigenvalue weighted by atomic mass is 10.0. The van der Waals surface area contributed by atoms with Crippen LogP contribution in [-0.2, 0) is 19.9 Å². The Morgan fingerprint density at radius 2 is 1.86 bits per heavy atom. The molecule has 0 saturated heterocycles. The lowest BCUT2D eigenvalue weighted by molar-refractivity contribution is 0.410. The van der Waals surface area contributed by atoms with Crippen molar-refractivity contribution in [1.82, 2.24) is 4.72 Å². The molecule has 0 radical (unpaired) electrons. The third-order valence-corrected chi connectivity index (χ3v) is 6.00. The summed E-state index contributed by atoms with van der Waals surface area (Å²) < 4.78 is 63.6. The van der Waals surface area contributed by atoms with Crippen LogP contribution in [-0.4, -0.2) is 35.2 Å². The van der Waals surface area contributed by atoms with Crippen molar-refractivity contribution in [2.75, 3.05) is 12.8 Å². The van der Waals surface area contributed by atoms with Crippen molar-refractivity contribution in [3.05, 3.63) is 24.0 Å². The predicted octanol–water partition coefficient (Wildman–Crippen LogP) is 0.635. The van der Waals surface area contributed by atoms with Crippen molar-refractivity contribution in [3.8, 4) is 0 Å². The highest BCUT2D eigenvalue weighted by Gasteiger charge is 2.30. The summed E-state index contributed by atoms with van der Waals surface area (Å²) in [5.74, 6) is -1.02. The van der Waals surface area contributed by atoms with Gasteiger partial charge in [-0.05, 0) is 31.5 Å². The zero-order valence-electron chi connectivity index (χ0n) is 12.1. The maximum atomic E-state index is 13.8. The molecule has 0 heterocycles. The average molecular weight is 338 g/mol. The molecular weight excluding hydrogens is 319 g/mol. The van der Waals surface area contributed by atoms with Crippen molar-refractivity contribution in [3.63, 3.8) is 0 Å². The van der Waals surface area contributed by atoms with Crippen LogP contribution in [0.2, 0.25) is 0 Å². The van der Waals surface area contributed by atoms with Gasteiger partial charge in [-0.25, -0.2) is 25.9 Å². The quantitative estimate of drug-likeness (QED) is 0.740. The van der Waals surface area contributed by atoms with Gasteiger partial charge in [-0.3, -0.25) is 0 Å². The SMILES string of the molecule is CCC(C)(CN)NS(=O)(=O)c1cc(S(C)(=O)=O)ccc1F. The van der Waals surface area contributed by atoms with E-state index in [2.05, 4.69) is 4.72 Å². The third-order valence-electron chi connectivity index (χ3n) is 3.23. The van der Waals surface area contributed by atoms with Gasteiger partial charge in [0.2, 0.25) is 10.0 Å². The largest absolute Gasteiger partial charge is 0.329 e. The average Bonchev–Trinajstić information content (AvgIpc) is 2.37. The number of hydrogen-bond acceptors (Lipinski definition) is 5. The van der Waals surface area contributed by atoms with E-state index in [0.717, 1.165) is 24.5 Å². The lowest BCUT2D eigenvalue weighted by Crippen LogP contribution is -2.50. The molecule has 1 atom stereocenters. The van der Waals surface area contributed by atoms with Crippen LogP contribution >= 0.6 is 0 Å². The first kappa shape index (κ1) is 18.0. The van der Waals surface area contributed by atoms with Crippen LogP contribution in [0.25, 0.3) is 0 Å². The molecule has 0 aliphatic rings. The smallest absolute Gasteiger partial charge is 0.244 e. The van der Waals surface area contributed by atoms with E-state index in [1.165, 1.54) is 0 Å². The van der Waals surface area contributed by atoms with Crippen molar-refractivity contribution >= 4 is 19.9 Å². The van der Waals surface area contributed by atoms with Crippen LogP contribution < -0.4 is 10.5 Å². The van der Waals surface area contributed by atoms with Crippen molar-refractivity contribution in [1.29, 1.82) is 0 Å². The number of nitrogens with two attached hydrogens (primary N) is 1. The molecule has 120 valence electrons. The Bertz CT molecular complexity index is 726. The van der Waals surface area contributed by atoms with E-state index in [9.17, 15) is 21.2 Å². The topological polar surface area (TPSA) is 106 Å². The summed E-state index contributed by atoms with van der Waals surface area (Å²) in [5, 5.41) is 0. The Labute approximate surface area is 124 Å². The van der Waals surface area contributed by atoms with Crippen molar-refractivity contribution in [2.45, 2.75) is 35.6 Å². The monoisotopic (exact) mass is 338 g/mol. The van der Waals surface area contributed by atoms with E-state index in [-0.39, 0.29) is 11.4 Å². The van der Waals surface area contributed by atoms with Crippen LogP contribution in [0.15, 0.2) is 28.0 Å². The molecule has 1 aromatic rings. The summed E-state index contributed by atoms with van der Waals surface area (Å²) in [4.78, 5) is -0.978. The van der Waals surface area contributed by atoms with Crippen molar-refractivity contribution in [2.24, 2.45) is 5.73 Å². The fourth-order valence-corrected chi connectivity index (χ4v) is 3.87. The highest BCUT2D eigenvalue weighted by atomic mass is 32.2. The van der Waals surface area contributed by atoms with Gasteiger partial charge >= 0.3 is 0 Å². The van der Waals surface area contributed by atoms with Crippen LogP contribution in [0.4, 0.5) is 4.39 Å². The molecule has 0 saturated carbocycles. The molecule has 1 unspecified atom stereocenters. The molecule has 3 N–H and O–H groups in total. The molecule has 0 aliphatic heterocycles. The predicted molar refractivity (Wildman–Crippen MR) is 77.6 cm³/mol. The van der Waals surface area contributed by atoms with Gasteiger partial charge in [0.1, 0.15) is 10.7 Å². The molecule has 1 rings (SSSR count). The van der Waals surface area contributed by atoms with Gasteiger partial charge in [0.15, 0.2) is 9.84 Å². The highest BCUT2D eigenvalue weighted by Crippen LogP contribution is 2.21. The first-order valence-corrected chi connectivity index (χ1v) is 9.56. The molecule has 0 bridgehead atoms. The standard InChI is InChI=1S/C12H19FN2O4S2/c1-4-12(2,8-14)15-21(18,19)11-7-9(20(3,16)17)5-6-10(11)13/h5-7,15H,4,8,14H2,1-3H3. The second-order valence-corrected chi connectivity index (χ2v) is 8.75. The van der Waals surface area contributed by atoms with Gasteiger partial charge in [-0.1, -0.05) is 6.92 Å². The first-order valence-electron chi connectivity index (χ1n) is 6.19. The van der Waals surface area contributed by atoms with E-state index in [4.69, 9.17) is 5.73 Å². The van der Waals surface area contributed by atoms with Gasteiger partial charge < -0.3 is 5.73 Å². The van der Waals surface area contributed by atoms with Crippen LogP contribution in [0.1, 0.15) is 20.3 Å². The zero-order valence-corrected chi connectivity index (χ0v) is 13.7. The van der Waals surface area contributed by atoms with Gasteiger partial charge in [-0.2, -0.15) is 0 Å². The molecule has 21 heavy (non-hydrogen) atoms. The van der Waals surface area contributed by atoms with Gasteiger partial charge in [0.25, 0.3) is 0 Å². The Morgan fingerprint density at radius 3 is 2.29 bits per heavy atom. The minimum atomic E-state index is -4.23. The van der Waals surface area contributed by atoms with Gasteiger partial charge in [0.05, 0.1) is 4.90 Å². The second-order valence-electron chi connectivity index (χ2n) is 5.09. The van der Waals surface area contributed by atoms with Crippen LogP contribution in [0, 0.1) is 5.82 Å². The first-order chi connectivity index (χ1) is 9.45. The number of rotatable bonds is 6. The fraction of sp³-hybridized carbons (Fsp3) is 0.500. The minimum absolute atomic E-state index is 0.0239. The molecule has 0 aliphatic carbocycles. The van der Waals surface area contributed by atoms with E-state index in [1.54, 1.807) is 13.8 Å². The second kappa shape index (κ2) is 5.99. The van der Waals surface area contributed by atoms with Crippen molar-refractivity contribution < 1.29 is 21.2 Å². The summed E-state index contributed by atoms with van der Waals surface area (Å²) >= 11 is 0. The van der Waals surface area contributed by atoms with Crippen LogP contribution in [0.3, 0.4) is 0 Å². The number of benzene rings is 1. The number of nitrogens with one attached hydrogen (secondary N) is 1. The number of sulfonamides is 1. The van der Waals surface area contributed by atoms with Gasteiger partial charge in [0, 0.05) is 18.3 Å². The molecule has 0 aromatic heterocycles. The zero-order chi connectivity index (χ0) is 16.5. The van der Waals surface area contributed by atoms with E-state index in [0.29, 0.717) is 6.42 Å². The third kappa shape index (κ3) is 4.22. The van der Waals surface area contributed by atoms with E-state index in [1.807, 2.05) is 0 Å². The minimum Gasteiger partial charge on any atom is -0.329 e. The van der Waals surface area contributed by atoms with E-state index >= 15 is 0 Å². The fourth-order valence-electron chi connectivity index (χ4n) is 1.56. The summed E-state index contributed by atoms with van der Waals surface area (Å²) in [6, 6.07) is 2.64. The number of sulfone groups is 1. The highest BCUT2D eigenvalue weighted by molar-refractivity contribution is 7.91.